The largest absolute Gasteiger partial charge is 0.434 e. The monoisotopic (exact) mass is 506 g/mol. The van der Waals surface area contributed by atoms with Gasteiger partial charge in [-0.2, -0.15) is 8.78 Å². The molecule has 0 aliphatic heterocycles. The van der Waals surface area contributed by atoms with E-state index in [9.17, 15) is 18.4 Å². The Hall–Kier alpha value is -4.80. The number of hydrogen-bond donors (Lipinski definition) is 3. The maximum Gasteiger partial charge on any atom is 0.387 e. The van der Waals surface area contributed by atoms with E-state index in [1.807, 2.05) is 4.57 Å². The van der Waals surface area contributed by atoms with Gasteiger partial charge in [0.2, 0.25) is 0 Å². The molecule has 4 N–H and O–H groups in total. The van der Waals surface area contributed by atoms with Crippen LogP contribution in [0.5, 0.6) is 5.75 Å². The second-order valence-electron chi connectivity index (χ2n) is 8.22. The number of amides is 2. The zero-order valence-electron chi connectivity index (χ0n) is 20.3. The third kappa shape index (κ3) is 4.83. The number of nitrogens with one attached hydrogen (secondary N) is 2. The lowest BCUT2D eigenvalue weighted by Crippen LogP contribution is -2.19. The number of carbonyl (C=O) groups excluding carboxylic acids is 2. The van der Waals surface area contributed by atoms with Gasteiger partial charge >= 0.3 is 6.61 Å². The SMILES string of the molecule is C=C(C)C(=O)Nc1ccc(-c2c(-c3ccc(C(=O)NC)c(OC(F)F)c3)c3c(N)ncnc3n2C)cc1. The van der Waals surface area contributed by atoms with Crippen molar-refractivity contribution in [2.75, 3.05) is 18.1 Å². The maximum absolute atomic E-state index is 13.2. The molecule has 2 aromatic carbocycles. The van der Waals surface area contributed by atoms with Crippen molar-refractivity contribution < 1.29 is 23.1 Å². The lowest BCUT2D eigenvalue weighted by atomic mass is 9.97. The molecule has 4 aromatic rings. The van der Waals surface area contributed by atoms with Gasteiger partial charge in [0.25, 0.3) is 11.8 Å². The number of ether oxygens (including phenoxy) is 1. The first-order chi connectivity index (χ1) is 17.6. The zero-order chi connectivity index (χ0) is 26.9. The number of nitrogens with zero attached hydrogens (tertiary/aromatic N) is 3. The Labute approximate surface area is 211 Å². The number of nitrogens with two attached hydrogens (primary N) is 1. The van der Waals surface area contributed by atoms with Crippen molar-refractivity contribution in [1.29, 1.82) is 0 Å². The molecule has 0 spiro atoms. The van der Waals surface area contributed by atoms with E-state index in [2.05, 4.69) is 31.9 Å². The van der Waals surface area contributed by atoms with Crippen LogP contribution in [-0.2, 0) is 11.8 Å². The first-order valence-corrected chi connectivity index (χ1v) is 11.1. The molecule has 2 aromatic heterocycles. The molecule has 37 heavy (non-hydrogen) atoms. The normalized spacial score (nSPS) is 11.0. The average molecular weight is 507 g/mol. The van der Waals surface area contributed by atoms with Crippen LogP contribution in [0.3, 0.4) is 0 Å². The Balaban J connectivity index is 1.94. The first-order valence-electron chi connectivity index (χ1n) is 11.1. The second-order valence-corrected chi connectivity index (χ2v) is 8.22. The Kier molecular flexibility index (Phi) is 6.87. The zero-order valence-corrected chi connectivity index (χ0v) is 20.3. The molecule has 2 heterocycles. The van der Waals surface area contributed by atoms with Gasteiger partial charge in [-0.15, -0.1) is 0 Å². The van der Waals surface area contributed by atoms with Crippen LogP contribution < -0.4 is 21.1 Å². The summed E-state index contributed by atoms with van der Waals surface area (Å²) in [7, 11) is 3.19. The lowest BCUT2D eigenvalue weighted by molar-refractivity contribution is -0.112. The topological polar surface area (TPSA) is 124 Å². The molecule has 190 valence electrons. The van der Waals surface area contributed by atoms with Gasteiger partial charge in [-0.1, -0.05) is 24.8 Å². The van der Waals surface area contributed by atoms with Crippen molar-refractivity contribution in [3.05, 3.63) is 66.5 Å². The number of alkyl halides is 2. The number of halogens is 2. The number of hydrogen-bond acceptors (Lipinski definition) is 6. The van der Waals surface area contributed by atoms with Crippen LogP contribution in [0, 0.1) is 0 Å². The lowest BCUT2D eigenvalue weighted by Gasteiger charge is -2.14. The molecule has 4 rings (SSSR count). The molecular weight excluding hydrogens is 482 g/mol. The van der Waals surface area contributed by atoms with Crippen molar-refractivity contribution in [1.82, 2.24) is 19.9 Å². The van der Waals surface area contributed by atoms with Gasteiger partial charge in [0, 0.05) is 30.9 Å². The third-order valence-corrected chi connectivity index (χ3v) is 5.76. The van der Waals surface area contributed by atoms with Crippen LogP contribution in [0.25, 0.3) is 33.4 Å². The summed E-state index contributed by atoms with van der Waals surface area (Å²) in [4.78, 5) is 32.7. The van der Waals surface area contributed by atoms with Crippen LogP contribution >= 0.6 is 0 Å². The first kappa shape index (κ1) is 25.3. The summed E-state index contributed by atoms with van der Waals surface area (Å²) in [6.45, 7) is 2.10. The van der Waals surface area contributed by atoms with Crippen LogP contribution in [0.4, 0.5) is 20.3 Å². The molecule has 0 bridgehead atoms. The van der Waals surface area contributed by atoms with E-state index < -0.39 is 12.5 Å². The molecule has 2 amide bonds. The van der Waals surface area contributed by atoms with E-state index in [1.165, 1.54) is 25.5 Å². The number of benzene rings is 2. The molecule has 0 radical (unpaired) electrons. The molecule has 0 aliphatic rings. The summed E-state index contributed by atoms with van der Waals surface area (Å²) < 4.78 is 32.9. The van der Waals surface area contributed by atoms with E-state index in [0.717, 1.165) is 5.56 Å². The molecule has 0 fully saturated rings. The quantitative estimate of drug-likeness (QED) is 0.320. The Morgan fingerprint density at radius 1 is 1.11 bits per heavy atom. The molecule has 0 atom stereocenters. The minimum atomic E-state index is -3.14. The second kappa shape index (κ2) is 10.1. The van der Waals surface area contributed by atoms with Crippen molar-refractivity contribution in [3.8, 4) is 28.1 Å². The van der Waals surface area contributed by atoms with E-state index >= 15 is 0 Å². The summed E-state index contributed by atoms with van der Waals surface area (Å²) in [5, 5.41) is 5.68. The van der Waals surface area contributed by atoms with Crippen molar-refractivity contribution in [2.45, 2.75) is 13.5 Å². The predicted molar refractivity (Wildman–Crippen MR) is 137 cm³/mol. The highest BCUT2D eigenvalue weighted by molar-refractivity contribution is 6.09. The molecule has 11 heteroatoms. The molecular formula is C26H24F2N6O3. The summed E-state index contributed by atoms with van der Waals surface area (Å²) in [5.41, 5.74) is 10.1. The van der Waals surface area contributed by atoms with E-state index in [1.54, 1.807) is 44.3 Å². The van der Waals surface area contributed by atoms with Gasteiger partial charge in [0.15, 0.2) is 0 Å². The Morgan fingerprint density at radius 2 is 1.78 bits per heavy atom. The summed E-state index contributed by atoms with van der Waals surface area (Å²) in [5.74, 6) is -0.971. The van der Waals surface area contributed by atoms with Gasteiger partial charge in [-0.3, -0.25) is 9.59 Å². The van der Waals surface area contributed by atoms with Crippen molar-refractivity contribution in [3.63, 3.8) is 0 Å². The molecule has 0 aliphatic carbocycles. The van der Waals surface area contributed by atoms with E-state index in [0.29, 0.717) is 39.1 Å². The highest BCUT2D eigenvalue weighted by Gasteiger charge is 2.24. The Morgan fingerprint density at radius 3 is 2.41 bits per heavy atom. The fourth-order valence-corrected chi connectivity index (χ4v) is 4.04. The highest BCUT2D eigenvalue weighted by atomic mass is 19.3. The third-order valence-electron chi connectivity index (χ3n) is 5.76. The van der Waals surface area contributed by atoms with Crippen LogP contribution in [0.15, 0.2) is 60.9 Å². The van der Waals surface area contributed by atoms with Gasteiger partial charge in [-0.05, 0) is 42.3 Å². The van der Waals surface area contributed by atoms with Gasteiger partial charge < -0.3 is 25.7 Å². The number of carbonyl (C=O) groups is 2. The number of rotatable bonds is 7. The smallest absolute Gasteiger partial charge is 0.387 e. The van der Waals surface area contributed by atoms with Crippen LogP contribution in [-0.4, -0.2) is 40.0 Å². The molecule has 0 saturated heterocycles. The predicted octanol–water partition coefficient (Wildman–Crippen LogP) is 4.36. The standard InChI is InChI=1S/C26H24F2N6O3/c1-13(2)24(35)33-16-8-5-14(6-9-16)21-19(20-22(29)31-12-32-23(20)34(21)4)15-7-10-17(25(36)30-3)18(11-15)37-26(27)28/h5-12,26H,1H2,2-4H3,(H,30,36)(H,33,35)(H2,29,31,32). The van der Waals surface area contributed by atoms with E-state index in [-0.39, 0.29) is 23.0 Å². The number of fused-ring (bicyclic) bond motifs is 1. The summed E-state index contributed by atoms with van der Waals surface area (Å²) >= 11 is 0. The fourth-order valence-electron chi connectivity index (χ4n) is 4.04. The van der Waals surface area contributed by atoms with Gasteiger partial charge in [0.05, 0.1) is 16.6 Å². The number of nitrogen functional groups attached to an aromatic ring is 1. The minimum Gasteiger partial charge on any atom is -0.434 e. The molecule has 0 unspecified atom stereocenters. The Bertz CT molecular complexity index is 1530. The number of anilines is 2. The van der Waals surface area contributed by atoms with Crippen molar-refractivity contribution in [2.24, 2.45) is 7.05 Å². The summed E-state index contributed by atoms with van der Waals surface area (Å²) in [6, 6.07) is 11.4. The fraction of sp³-hybridized carbons (Fsp3) is 0.154. The number of aryl methyl sites for hydroxylation is 1. The molecule has 0 saturated carbocycles. The molecule has 9 nitrogen and oxygen atoms in total. The van der Waals surface area contributed by atoms with E-state index in [4.69, 9.17) is 5.73 Å². The van der Waals surface area contributed by atoms with Crippen LogP contribution in [0.2, 0.25) is 0 Å². The van der Waals surface area contributed by atoms with Crippen LogP contribution in [0.1, 0.15) is 17.3 Å². The maximum atomic E-state index is 13.2. The summed E-state index contributed by atoms with van der Waals surface area (Å²) in [6.07, 6.45) is 1.33. The number of aromatic nitrogens is 3. The van der Waals surface area contributed by atoms with Gasteiger partial charge in [0.1, 0.15) is 23.5 Å². The minimum absolute atomic E-state index is 0.0461. The average Bonchev–Trinajstić information content (AvgIpc) is 3.17. The van der Waals surface area contributed by atoms with Gasteiger partial charge in [-0.25, -0.2) is 9.97 Å². The van der Waals surface area contributed by atoms with Crippen molar-refractivity contribution >= 4 is 34.4 Å². The highest BCUT2D eigenvalue weighted by Crippen LogP contribution is 2.43.